The minimum absolute atomic E-state index is 0.0322. The topological polar surface area (TPSA) is 131 Å². The van der Waals surface area contributed by atoms with E-state index in [9.17, 15) is 0 Å². The second-order valence-electron chi connectivity index (χ2n) is 11.8. The summed E-state index contributed by atoms with van der Waals surface area (Å²) in [6.45, 7) is 3.34. The van der Waals surface area contributed by atoms with Gasteiger partial charge in [0.1, 0.15) is 23.4 Å². The van der Waals surface area contributed by atoms with E-state index >= 15 is 4.57 Å². The Hall–Kier alpha value is -4.95. The number of fused-ring (bicyclic) bond motifs is 1. The van der Waals surface area contributed by atoms with E-state index in [1.807, 2.05) is 120 Å². The Morgan fingerprint density at radius 2 is 1.42 bits per heavy atom. The lowest BCUT2D eigenvalue weighted by Gasteiger charge is -2.28. The third-order valence-electron chi connectivity index (χ3n) is 8.25. The van der Waals surface area contributed by atoms with Crippen LogP contribution in [0.1, 0.15) is 41.4 Å². The van der Waals surface area contributed by atoms with Gasteiger partial charge in [-0.25, -0.2) is 0 Å². The first-order chi connectivity index (χ1) is 23.3. The van der Waals surface area contributed by atoms with E-state index in [1.165, 1.54) is 0 Å². The predicted molar refractivity (Wildman–Crippen MR) is 189 cm³/mol. The van der Waals surface area contributed by atoms with Crippen molar-refractivity contribution in [2.45, 2.75) is 38.5 Å². The van der Waals surface area contributed by atoms with Crippen molar-refractivity contribution in [3.8, 4) is 11.5 Å². The zero-order chi connectivity index (χ0) is 33.5. The summed E-state index contributed by atoms with van der Waals surface area (Å²) in [5.74, 6) is 0.488. The first kappa shape index (κ1) is 33.0. The number of likely N-dealkylation sites (tertiary alicyclic amines) is 1. The van der Waals surface area contributed by atoms with Crippen LogP contribution >= 0.6 is 7.60 Å². The molecule has 2 unspecified atom stereocenters. The number of nitrogens with two attached hydrogens (primary N) is 1. The quantitative estimate of drug-likeness (QED) is 0.0657. The van der Waals surface area contributed by atoms with E-state index in [1.54, 1.807) is 13.0 Å². The number of nitrogens with one attached hydrogen (secondary N) is 2. The predicted octanol–water partition coefficient (Wildman–Crippen LogP) is 8.28. The van der Waals surface area contributed by atoms with Crippen molar-refractivity contribution in [1.29, 1.82) is 10.8 Å². The van der Waals surface area contributed by atoms with Gasteiger partial charge in [0.2, 0.25) is 5.85 Å². The molecule has 1 aliphatic rings. The van der Waals surface area contributed by atoms with Crippen LogP contribution in [0.2, 0.25) is 0 Å². The largest absolute Gasteiger partial charge is 0.489 e. The van der Waals surface area contributed by atoms with Crippen molar-refractivity contribution in [2.75, 3.05) is 13.1 Å². The Balaban J connectivity index is 1.34. The van der Waals surface area contributed by atoms with Gasteiger partial charge in [-0.3, -0.25) is 15.4 Å². The molecule has 1 aliphatic heterocycles. The summed E-state index contributed by atoms with van der Waals surface area (Å²) in [7, 11) is -4.04. The number of nitrogens with zero attached hydrogens (tertiary/aromatic N) is 1. The molecule has 5 aromatic carbocycles. The van der Waals surface area contributed by atoms with Crippen LogP contribution in [0.4, 0.5) is 0 Å². The molecular formula is C38H39N4O5P. The van der Waals surface area contributed by atoms with Crippen LogP contribution in [0.5, 0.6) is 11.5 Å². The van der Waals surface area contributed by atoms with E-state index < -0.39 is 13.4 Å². The number of benzene rings is 5. The average molecular weight is 663 g/mol. The molecule has 1 saturated heterocycles. The number of nitrogen functional groups attached to an aromatic ring is 1. The first-order valence-electron chi connectivity index (χ1n) is 15.8. The molecule has 9 nitrogen and oxygen atoms in total. The zero-order valence-corrected chi connectivity index (χ0v) is 27.6. The minimum Gasteiger partial charge on any atom is -0.489 e. The second-order valence-corrected chi connectivity index (χ2v) is 13.9. The lowest BCUT2D eigenvalue weighted by Crippen LogP contribution is -2.28. The number of rotatable bonds is 13. The van der Waals surface area contributed by atoms with Crippen molar-refractivity contribution in [3.63, 3.8) is 0 Å². The van der Waals surface area contributed by atoms with Crippen molar-refractivity contribution in [1.82, 2.24) is 4.90 Å². The Morgan fingerprint density at radius 3 is 2.00 bits per heavy atom. The maximum atomic E-state index is 15.1. The molecule has 5 aromatic rings. The van der Waals surface area contributed by atoms with Crippen LogP contribution in [0.3, 0.4) is 0 Å². The number of hydrogen-bond donors (Lipinski definition) is 3. The van der Waals surface area contributed by atoms with E-state index in [-0.39, 0.29) is 25.2 Å². The molecule has 0 bridgehead atoms. The van der Waals surface area contributed by atoms with Gasteiger partial charge in [0.15, 0.2) is 0 Å². The molecule has 1 heterocycles. The molecule has 4 N–H and O–H groups in total. The zero-order valence-electron chi connectivity index (χ0n) is 26.8. The Morgan fingerprint density at radius 1 is 0.812 bits per heavy atom. The van der Waals surface area contributed by atoms with E-state index in [0.717, 1.165) is 34.9 Å². The van der Waals surface area contributed by atoms with Crippen molar-refractivity contribution >= 4 is 30.0 Å². The summed E-state index contributed by atoms with van der Waals surface area (Å²) < 4.78 is 40.4. The molecule has 0 spiro atoms. The van der Waals surface area contributed by atoms with E-state index in [4.69, 9.17) is 35.1 Å². The molecule has 0 aromatic heterocycles. The van der Waals surface area contributed by atoms with Gasteiger partial charge in [0, 0.05) is 24.1 Å². The standard InChI is InChI=1S/C38H39N4O5P/c1-27(39)42-21-20-36(24-42)46-34-17-15-31(16-18-34)38(47-35-19-14-30-12-13-32(37(40)41)22-33(30)23-35)48(43,44-25-28-8-4-2-5-9-28)45-26-29-10-6-3-7-11-29/h2-19,22-23,36,38-39H,20-21,24-26H2,1H3,(H3,40,41). The second kappa shape index (κ2) is 14.9. The first-order valence-corrected chi connectivity index (χ1v) is 17.5. The fourth-order valence-corrected chi connectivity index (χ4v) is 7.38. The highest BCUT2D eigenvalue weighted by atomic mass is 31.2. The summed E-state index contributed by atoms with van der Waals surface area (Å²) in [6.07, 6.45) is 0.794. The molecule has 0 aliphatic carbocycles. The Bertz CT molecular complexity index is 1870. The fraction of sp³-hybridized carbons (Fsp3) is 0.211. The van der Waals surface area contributed by atoms with Crippen LogP contribution in [0.15, 0.2) is 121 Å². The van der Waals surface area contributed by atoms with Gasteiger partial charge in [-0.2, -0.15) is 0 Å². The molecule has 246 valence electrons. The minimum atomic E-state index is -4.04. The molecule has 2 atom stereocenters. The summed E-state index contributed by atoms with van der Waals surface area (Å²) in [4.78, 5) is 2.00. The van der Waals surface area contributed by atoms with Gasteiger partial charge >= 0.3 is 7.60 Å². The SMILES string of the molecule is CC(=N)N1CCC(Oc2ccc(C(Oc3ccc4ccc(C(=N)N)cc4c3)P(=O)(OCc3ccccc3)OCc3ccccc3)cc2)C1. The van der Waals surface area contributed by atoms with Gasteiger partial charge in [0.25, 0.3) is 0 Å². The maximum absolute atomic E-state index is 15.1. The van der Waals surface area contributed by atoms with Crippen LogP contribution in [-0.4, -0.2) is 35.8 Å². The monoisotopic (exact) mass is 662 g/mol. The van der Waals surface area contributed by atoms with Gasteiger partial charge in [0.05, 0.1) is 25.6 Å². The molecule has 0 amide bonds. The van der Waals surface area contributed by atoms with Crippen molar-refractivity contribution in [3.05, 3.63) is 144 Å². The summed E-state index contributed by atoms with van der Waals surface area (Å²) in [5.41, 5.74) is 8.64. The van der Waals surface area contributed by atoms with Crippen molar-refractivity contribution < 1.29 is 23.1 Å². The molecule has 6 rings (SSSR count). The third kappa shape index (κ3) is 8.12. The number of amidine groups is 2. The number of hydrogen-bond acceptors (Lipinski definition) is 7. The summed E-state index contributed by atoms with van der Waals surface area (Å²) in [5, 5.41) is 17.6. The lowest BCUT2D eigenvalue weighted by atomic mass is 10.1. The highest BCUT2D eigenvalue weighted by Crippen LogP contribution is 2.62. The third-order valence-corrected chi connectivity index (χ3v) is 10.2. The smallest absolute Gasteiger partial charge is 0.376 e. The highest BCUT2D eigenvalue weighted by Gasteiger charge is 2.40. The van der Waals surface area contributed by atoms with E-state index in [2.05, 4.69) is 0 Å². The molecule has 0 radical (unpaired) electrons. The van der Waals surface area contributed by atoms with Crippen LogP contribution in [0, 0.1) is 10.8 Å². The fourth-order valence-electron chi connectivity index (χ4n) is 5.59. The van der Waals surface area contributed by atoms with Gasteiger partial charge < -0.3 is 29.2 Å². The van der Waals surface area contributed by atoms with Crippen LogP contribution in [0.25, 0.3) is 10.8 Å². The highest BCUT2D eigenvalue weighted by molar-refractivity contribution is 7.54. The van der Waals surface area contributed by atoms with Crippen LogP contribution < -0.4 is 15.2 Å². The Kier molecular flexibility index (Phi) is 10.2. The van der Waals surface area contributed by atoms with Crippen LogP contribution in [-0.2, 0) is 26.8 Å². The van der Waals surface area contributed by atoms with Crippen molar-refractivity contribution in [2.24, 2.45) is 5.73 Å². The average Bonchev–Trinajstić information content (AvgIpc) is 3.59. The van der Waals surface area contributed by atoms with Gasteiger partial charge in [-0.1, -0.05) is 91.0 Å². The summed E-state index contributed by atoms with van der Waals surface area (Å²) >= 11 is 0. The van der Waals surface area contributed by atoms with Gasteiger partial charge in [-0.05, 0) is 59.2 Å². The maximum Gasteiger partial charge on any atom is 0.376 e. The molecule has 10 heteroatoms. The molecular weight excluding hydrogens is 623 g/mol. The summed E-state index contributed by atoms with van der Waals surface area (Å²) in [6, 6.07) is 37.5. The molecule has 0 saturated carbocycles. The number of ether oxygens (including phenoxy) is 2. The lowest BCUT2D eigenvalue weighted by molar-refractivity contribution is 0.142. The normalized spacial score (nSPS) is 15.3. The molecule has 1 fully saturated rings. The van der Waals surface area contributed by atoms with E-state index in [0.29, 0.717) is 35.0 Å². The van der Waals surface area contributed by atoms with Gasteiger partial charge in [-0.15, -0.1) is 0 Å². The molecule has 48 heavy (non-hydrogen) atoms. The Labute approximate surface area is 280 Å².